The van der Waals surface area contributed by atoms with Crippen LogP contribution in [0.5, 0.6) is 0 Å². The molecule has 0 aromatic carbocycles. The number of hydrogen-bond donors (Lipinski definition) is 2. The van der Waals surface area contributed by atoms with Gasteiger partial charge in [-0.3, -0.25) is 0 Å². The van der Waals surface area contributed by atoms with Crippen molar-refractivity contribution in [3.05, 3.63) is 0 Å². The van der Waals surface area contributed by atoms with E-state index in [9.17, 15) is 0 Å². The Morgan fingerprint density at radius 3 is 2.31 bits per heavy atom. The van der Waals surface area contributed by atoms with Crippen molar-refractivity contribution in [1.29, 1.82) is 0 Å². The molecule has 0 radical (unpaired) electrons. The van der Waals surface area contributed by atoms with Gasteiger partial charge in [-0.2, -0.15) is 0 Å². The van der Waals surface area contributed by atoms with Crippen LogP contribution in [0.1, 0.15) is 32.6 Å². The van der Waals surface area contributed by atoms with Crippen molar-refractivity contribution >= 4 is 0 Å². The third-order valence-electron chi connectivity index (χ3n) is 3.57. The molecule has 0 aromatic heterocycles. The van der Waals surface area contributed by atoms with Crippen LogP contribution in [0.15, 0.2) is 0 Å². The Morgan fingerprint density at radius 2 is 1.85 bits per heavy atom. The van der Waals surface area contributed by atoms with Crippen LogP contribution >= 0.6 is 0 Å². The van der Waals surface area contributed by atoms with Gasteiger partial charge in [0.05, 0.1) is 0 Å². The second-order valence-corrected chi connectivity index (χ2v) is 4.90. The summed E-state index contributed by atoms with van der Waals surface area (Å²) in [4.78, 5) is 0. The highest BCUT2D eigenvalue weighted by atomic mass is 15.0. The maximum Gasteiger partial charge on any atom is 0.0218 e. The van der Waals surface area contributed by atoms with Gasteiger partial charge in [0.25, 0.3) is 0 Å². The summed E-state index contributed by atoms with van der Waals surface area (Å²) in [5.74, 6) is 2.79. The number of nitrogens with two attached hydrogens (primary N) is 1. The highest BCUT2D eigenvalue weighted by Gasteiger charge is 2.32. The second kappa shape index (κ2) is 3.97. The standard InChI is InChI=1S/C11H22N2/c1-8(9-2-3-9)7-13-11(6-12)10-4-5-10/h8-11,13H,2-7,12H2,1H3. The first-order valence-corrected chi connectivity index (χ1v) is 5.74. The number of rotatable bonds is 6. The Hall–Kier alpha value is -0.0800. The van der Waals surface area contributed by atoms with E-state index in [4.69, 9.17) is 5.73 Å². The molecule has 3 N–H and O–H groups in total. The first kappa shape index (κ1) is 9.47. The van der Waals surface area contributed by atoms with Crippen LogP contribution in [0.25, 0.3) is 0 Å². The van der Waals surface area contributed by atoms with Crippen LogP contribution in [0.3, 0.4) is 0 Å². The molecule has 0 aromatic rings. The smallest absolute Gasteiger partial charge is 0.0218 e. The average Bonchev–Trinajstić information content (AvgIpc) is 2.98. The lowest BCUT2D eigenvalue weighted by molar-refractivity contribution is 0.395. The van der Waals surface area contributed by atoms with Crippen LogP contribution < -0.4 is 11.1 Å². The van der Waals surface area contributed by atoms with Gasteiger partial charge in [-0.25, -0.2) is 0 Å². The van der Waals surface area contributed by atoms with Gasteiger partial charge < -0.3 is 11.1 Å². The zero-order valence-electron chi connectivity index (χ0n) is 8.63. The van der Waals surface area contributed by atoms with Crippen LogP contribution in [-0.4, -0.2) is 19.1 Å². The molecule has 2 unspecified atom stereocenters. The zero-order valence-corrected chi connectivity index (χ0v) is 8.63. The molecule has 2 saturated carbocycles. The molecule has 2 fully saturated rings. The monoisotopic (exact) mass is 182 g/mol. The van der Waals surface area contributed by atoms with Gasteiger partial charge in [-0.15, -0.1) is 0 Å². The summed E-state index contributed by atoms with van der Waals surface area (Å²) in [5, 5.41) is 3.63. The van der Waals surface area contributed by atoms with E-state index in [0.717, 1.165) is 24.3 Å². The van der Waals surface area contributed by atoms with E-state index in [1.165, 1.54) is 32.2 Å². The molecule has 13 heavy (non-hydrogen) atoms. The average molecular weight is 182 g/mol. The van der Waals surface area contributed by atoms with Gasteiger partial charge in [0.2, 0.25) is 0 Å². The maximum absolute atomic E-state index is 5.73. The third-order valence-corrected chi connectivity index (χ3v) is 3.57. The van der Waals surface area contributed by atoms with Crippen molar-refractivity contribution in [2.45, 2.75) is 38.6 Å². The molecule has 0 spiro atoms. The van der Waals surface area contributed by atoms with Gasteiger partial charge in [-0.05, 0) is 50.0 Å². The Kier molecular flexibility index (Phi) is 2.89. The minimum Gasteiger partial charge on any atom is -0.329 e. The van der Waals surface area contributed by atoms with E-state index in [0.29, 0.717) is 6.04 Å². The maximum atomic E-state index is 5.73. The molecule has 0 bridgehead atoms. The molecule has 2 aliphatic rings. The topological polar surface area (TPSA) is 38.0 Å². The lowest BCUT2D eigenvalue weighted by Crippen LogP contribution is -2.40. The van der Waals surface area contributed by atoms with Crippen LogP contribution in [0.2, 0.25) is 0 Å². The Labute approximate surface area is 81.3 Å². The van der Waals surface area contributed by atoms with E-state index < -0.39 is 0 Å². The van der Waals surface area contributed by atoms with Crippen molar-refractivity contribution in [2.75, 3.05) is 13.1 Å². The molecule has 0 saturated heterocycles. The fourth-order valence-corrected chi connectivity index (χ4v) is 2.11. The van der Waals surface area contributed by atoms with E-state index in [-0.39, 0.29) is 0 Å². The molecular weight excluding hydrogens is 160 g/mol. The van der Waals surface area contributed by atoms with Crippen molar-refractivity contribution in [1.82, 2.24) is 5.32 Å². The van der Waals surface area contributed by atoms with Crippen molar-refractivity contribution in [3.8, 4) is 0 Å². The van der Waals surface area contributed by atoms with E-state index >= 15 is 0 Å². The SMILES string of the molecule is CC(CNC(CN)C1CC1)C1CC1. The summed E-state index contributed by atoms with van der Waals surface area (Å²) < 4.78 is 0. The van der Waals surface area contributed by atoms with Crippen LogP contribution in [-0.2, 0) is 0 Å². The van der Waals surface area contributed by atoms with E-state index in [1.54, 1.807) is 0 Å². The van der Waals surface area contributed by atoms with E-state index in [1.807, 2.05) is 0 Å². The molecule has 2 nitrogen and oxygen atoms in total. The third kappa shape index (κ3) is 2.68. The van der Waals surface area contributed by atoms with Gasteiger partial charge in [-0.1, -0.05) is 6.92 Å². The second-order valence-electron chi connectivity index (χ2n) is 4.90. The highest BCUT2D eigenvalue weighted by Crippen LogP contribution is 2.37. The van der Waals surface area contributed by atoms with Gasteiger partial charge in [0.15, 0.2) is 0 Å². The first-order chi connectivity index (χ1) is 6.31. The summed E-state index contributed by atoms with van der Waals surface area (Å²) in [6.45, 7) is 4.37. The molecule has 0 amide bonds. The van der Waals surface area contributed by atoms with Crippen LogP contribution in [0, 0.1) is 17.8 Å². The summed E-state index contributed by atoms with van der Waals surface area (Å²) in [5.41, 5.74) is 5.73. The molecule has 2 rings (SSSR count). The first-order valence-electron chi connectivity index (χ1n) is 5.74. The van der Waals surface area contributed by atoms with Crippen molar-refractivity contribution < 1.29 is 0 Å². The summed E-state index contributed by atoms with van der Waals surface area (Å²) in [6.07, 6.45) is 5.71. The zero-order chi connectivity index (χ0) is 9.26. The Bertz CT molecular complexity index is 161. The molecule has 2 aliphatic carbocycles. The number of nitrogens with one attached hydrogen (secondary N) is 1. The highest BCUT2D eigenvalue weighted by molar-refractivity contribution is 4.88. The fraction of sp³-hybridized carbons (Fsp3) is 1.00. The molecule has 2 heteroatoms. The molecule has 0 heterocycles. The Balaban J connectivity index is 1.63. The predicted molar refractivity (Wildman–Crippen MR) is 55.5 cm³/mol. The van der Waals surface area contributed by atoms with Gasteiger partial charge in [0, 0.05) is 12.6 Å². The number of hydrogen-bond acceptors (Lipinski definition) is 2. The van der Waals surface area contributed by atoms with Crippen LogP contribution in [0.4, 0.5) is 0 Å². The van der Waals surface area contributed by atoms with E-state index in [2.05, 4.69) is 12.2 Å². The summed E-state index contributed by atoms with van der Waals surface area (Å²) in [7, 11) is 0. The molecule has 0 aliphatic heterocycles. The lowest BCUT2D eigenvalue weighted by atomic mass is 10.1. The summed E-state index contributed by atoms with van der Waals surface area (Å²) >= 11 is 0. The van der Waals surface area contributed by atoms with Gasteiger partial charge in [0.1, 0.15) is 0 Å². The van der Waals surface area contributed by atoms with Crippen molar-refractivity contribution in [3.63, 3.8) is 0 Å². The minimum atomic E-state index is 0.612. The molecular formula is C11H22N2. The molecule has 76 valence electrons. The largest absolute Gasteiger partial charge is 0.329 e. The summed E-state index contributed by atoms with van der Waals surface area (Å²) in [6, 6.07) is 0.612. The normalized spacial score (nSPS) is 27.2. The fourth-order valence-electron chi connectivity index (χ4n) is 2.11. The van der Waals surface area contributed by atoms with Crippen molar-refractivity contribution in [2.24, 2.45) is 23.5 Å². The molecule has 2 atom stereocenters. The predicted octanol–water partition coefficient (Wildman–Crippen LogP) is 1.36. The van der Waals surface area contributed by atoms with Gasteiger partial charge >= 0.3 is 0 Å². The lowest BCUT2D eigenvalue weighted by Gasteiger charge is -2.19. The Morgan fingerprint density at radius 1 is 1.23 bits per heavy atom. The minimum absolute atomic E-state index is 0.612. The quantitative estimate of drug-likeness (QED) is 0.651.